The van der Waals surface area contributed by atoms with Crippen LogP contribution in [0.1, 0.15) is 11.1 Å². The molecule has 0 amide bonds. The minimum atomic E-state index is -0.513. The summed E-state index contributed by atoms with van der Waals surface area (Å²) in [6.07, 6.45) is 0. The monoisotopic (exact) mass is 207 g/mol. The standard InChI is InChI=1S/C11H13NO3/c1-8-4-6-9(7-5-8)10(12-15-3)11(13)14-2/h4-7H,1-3H3/b12-10+. The Hall–Kier alpha value is -1.84. The van der Waals surface area contributed by atoms with Crippen LogP contribution < -0.4 is 0 Å². The van der Waals surface area contributed by atoms with Gasteiger partial charge in [0.1, 0.15) is 7.11 Å². The second kappa shape index (κ2) is 5.14. The van der Waals surface area contributed by atoms with Crippen LogP contribution in [0.2, 0.25) is 0 Å². The number of aryl methyl sites for hydroxylation is 1. The summed E-state index contributed by atoms with van der Waals surface area (Å²) in [7, 11) is 2.69. The predicted molar refractivity (Wildman–Crippen MR) is 56.7 cm³/mol. The van der Waals surface area contributed by atoms with Crippen molar-refractivity contribution in [3.05, 3.63) is 35.4 Å². The van der Waals surface area contributed by atoms with Crippen molar-refractivity contribution in [1.29, 1.82) is 0 Å². The van der Waals surface area contributed by atoms with Crippen LogP contribution in [0.25, 0.3) is 0 Å². The van der Waals surface area contributed by atoms with Crippen molar-refractivity contribution in [2.24, 2.45) is 5.16 Å². The van der Waals surface area contributed by atoms with Crippen LogP contribution in [-0.4, -0.2) is 25.9 Å². The van der Waals surface area contributed by atoms with Crippen molar-refractivity contribution in [2.45, 2.75) is 6.92 Å². The van der Waals surface area contributed by atoms with Crippen molar-refractivity contribution in [2.75, 3.05) is 14.2 Å². The highest BCUT2D eigenvalue weighted by atomic mass is 16.6. The molecule has 0 N–H and O–H groups in total. The molecule has 80 valence electrons. The highest BCUT2D eigenvalue weighted by Gasteiger charge is 2.14. The molecule has 0 fully saturated rings. The van der Waals surface area contributed by atoms with Gasteiger partial charge in [0.25, 0.3) is 0 Å². The molecule has 0 unspecified atom stereocenters. The van der Waals surface area contributed by atoms with E-state index in [9.17, 15) is 4.79 Å². The molecule has 0 aromatic heterocycles. The first-order valence-electron chi connectivity index (χ1n) is 4.45. The molecule has 0 atom stereocenters. The normalized spacial score (nSPS) is 11.0. The van der Waals surface area contributed by atoms with E-state index in [1.807, 2.05) is 19.1 Å². The number of hydrogen-bond donors (Lipinski definition) is 0. The summed E-state index contributed by atoms with van der Waals surface area (Å²) in [5.74, 6) is -0.513. The van der Waals surface area contributed by atoms with Crippen LogP contribution in [-0.2, 0) is 14.4 Å². The van der Waals surface area contributed by atoms with Crippen LogP contribution in [0.3, 0.4) is 0 Å². The molecule has 0 saturated heterocycles. The number of oxime groups is 1. The molecular formula is C11H13NO3. The lowest BCUT2D eigenvalue weighted by Crippen LogP contribution is -2.17. The van der Waals surface area contributed by atoms with Gasteiger partial charge in [-0.15, -0.1) is 0 Å². The van der Waals surface area contributed by atoms with Crippen molar-refractivity contribution in [1.82, 2.24) is 0 Å². The number of methoxy groups -OCH3 is 1. The van der Waals surface area contributed by atoms with Gasteiger partial charge in [-0.1, -0.05) is 35.0 Å². The van der Waals surface area contributed by atoms with Crippen molar-refractivity contribution < 1.29 is 14.4 Å². The van der Waals surface area contributed by atoms with Crippen molar-refractivity contribution in [3.8, 4) is 0 Å². The third kappa shape index (κ3) is 2.80. The summed E-state index contributed by atoms with van der Waals surface area (Å²) in [6, 6.07) is 7.38. The Morgan fingerprint density at radius 1 is 1.20 bits per heavy atom. The minimum Gasteiger partial charge on any atom is -0.464 e. The van der Waals surface area contributed by atoms with Gasteiger partial charge in [-0.2, -0.15) is 0 Å². The Morgan fingerprint density at radius 3 is 2.27 bits per heavy atom. The SMILES string of the molecule is CO/N=C(/C(=O)OC)c1ccc(C)cc1. The molecule has 1 rings (SSSR count). The summed E-state index contributed by atoms with van der Waals surface area (Å²) in [5, 5.41) is 3.64. The number of esters is 1. The molecule has 4 nitrogen and oxygen atoms in total. The minimum absolute atomic E-state index is 0.167. The van der Waals surface area contributed by atoms with E-state index in [0.717, 1.165) is 5.56 Å². The van der Waals surface area contributed by atoms with Crippen LogP contribution in [0.4, 0.5) is 0 Å². The van der Waals surface area contributed by atoms with E-state index in [1.165, 1.54) is 14.2 Å². The van der Waals surface area contributed by atoms with E-state index in [-0.39, 0.29) is 5.71 Å². The molecule has 0 bridgehead atoms. The molecule has 1 aromatic carbocycles. The number of carbonyl (C=O) groups excluding carboxylic acids is 1. The van der Waals surface area contributed by atoms with Gasteiger partial charge < -0.3 is 9.57 Å². The maximum atomic E-state index is 11.4. The first-order valence-corrected chi connectivity index (χ1v) is 4.45. The molecular weight excluding hydrogens is 194 g/mol. The molecule has 0 heterocycles. The first kappa shape index (κ1) is 11.2. The summed E-state index contributed by atoms with van der Waals surface area (Å²) < 4.78 is 4.60. The number of nitrogens with zero attached hydrogens (tertiary/aromatic N) is 1. The average Bonchev–Trinajstić information content (AvgIpc) is 2.26. The lowest BCUT2D eigenvalue weighted by molar-refractivity contribution is -0.132. The Kier molecular flexibility index (Phi) is 3.85. The van der Waals surface area contributed by atoms with Gasteiger partial charge in [0.05, 0.1) is 7.11 Å². The zero-order valence-corrected chi connectivity index (χ0v) is 8.98. The highest BCUT2D eigenvalue weighted by Crippen LogP contribution is 2.06. The lowest BCUT2D eigenvalue weighted by atomic mass is 10.1. The molecule has 0 aliphatic heterocycles. The maximum Gasteiger partial charge on any atom is 0.360 e. The van der Waals surface area contributed by atoms with E-state index in [2.05, 4.69) is 14.7 Å². The van der Waals surface area contributed by atoms with Crippen molar-refractivity contribution >= 4 is 11.7 Å². The maximum absolute atomic E-state index is 11.4. The molecule has 4 heteroatoms. The third-order valence-corrected chi connectivity index (χ3v) is 1.89. The van der Waals surface area contributed by atoms with Gasteiger partial charge in [0.2, 0.25) is 0 Å². The molecule has 0 spiro atoms. The quantitative estimate of drug-likeness (QED) is 0.429. The number of rotatable bonds is 3. The van der Waals surface area contributed by atoms with E-state index in [1.54, 1.807) is 12.1 Å². The Labute approximate surface area is 88.5 Å². The summed E-state index contributed by atoms with van der Waals surface area (Å²) in [6.45, 7) is 1.97. The van der Waals surface area contributed by atoms with E-state index >= 15 is 0 Å². The molecule has 0 saturated carbocycles. The average molecular weight is 207 g/mol. The van der Waals surface area contributed by atoms with E-state index in [4.69, 9.17) is 0 Å². The molecule has 0 aliphatic rings. The van der Waals surface area contributed by atoms with Gasteiger partial charge in [0.15, 0.2) is 5.71 Å². The largest absolute Gasteiger partial charge is 0.464 e. The number of ether oxygens (including phenoxy) is 1. The van der Waals surface area contributed by atoms with E-state index in [0.29, 0.717) is 5.56 Å². The fourth-order valence-electron chi connectivity index (χ4n) is 1.11. The predicted octanol–water partition coefficient (Wildman–Crippen LogP) is 1.52. The van der Waals surface area contributed by atoms with Gasteiger partial charge >= 0.3 is 5.97 Å². The van der Waals surface area contributed by atoms with Gasteiger partial charge in [-0.05, 0) is 6.92 Å². The van der Waals surface area contributed by atoms with Crippen molar-refractivity contribution in [3.63, 3.8) is 0 Å². The fourth-order valence-corrected chi connectivity index (χ4v) is 1.11. The first-order chi connectivity index (χ1) is 7.19. The number of benzene rings is 1. The van der Waals surface area contributed by atoms with Gasteiger partial charge in [0, 0.05) is 5.56 Å². The van der Waals surface area contributed by atoms with Crippen LogP contribution in [0, 0.1) is 6.92 Å². The zero-order chi connectivity index (χ0) is 11.3. The third-order valence-electron chi connectivity index (χ3n) is 1.89. The zero-order valence-electron chi connectivity index (χ0n) is 8.98. The molecule has 1 aromatic rings. The summed E-state index contributed by atoms with van der Waals surface area (Å²) in [4.78, 5) is 16.0. The Morgan fingerprint density at radius 2 is 1.80 bits per heavy atom. The second-order valence-corrected chi connectivity index (χ2v) is 2.98. The number of carbonyl (C=O) groups is 1. The van der Waals surface area contributed by atoms with Crippen LogP contribution in [0.15, 0.2) is 29.4 Å². The summed E-state index contributed by atoms with van der Waals surface area (Å²) >= 11 is 0. The highest BCUT2D eigenvalue weighted by molar-refractivity contribution is 6.43. The smallest absolute Gasteiger partial charge is 0.360 e. The van der Waals surface area contributed by atoms with Gasteiger partial charge in [-0.3, -0.25) is 0 Å². The fraction of sp³-hybridized carbons (Fsp3) is 0.273. The van der Waals surface area contributed by atoms with Crippen LogP contribution >= 0.6 is 0 Å². The lowest BCUT2D eigenvalue weighted by Gasteiger charge is -2.03. The molecule has 15 heavy (non-hydrogen) atoms. The van der Waals surface area contributed by atoms with Gasteiger partial charge in [-0.25, -0.2) is 4.79 Å². The summed E-state index contributed by atoms with van der Waals surface area (Å²) in [5.41, 5.74) is 1.95. The Bertz CT molecular complexity index is 368. The van der Waals surface area contributed by atoms with E-state index < -0.39 is 5.97 Å². The van der Waals surface area contributed by atoms with Crippen LogP contribution in [0.5, 0.6) is 0 Å². The topological polar surface area (TPSA) is 47.9 Å². The number of hydrogen-bond acceptors (Lipinski definition) is 4. The molecule has 0 radical (unpaired) electrons. The Balaban J connectivity index is 3.05. The second-order valence-electron chi connectivity index (χ2n) is 2.98. The molecule has 0 aliphatic carbocycles.